The molecule has 0 fully saturated rings. The molecule has 13 heavy (non-hydrogen) atoms. The topological polar surface area (TPSA) is 77.1 Å². The maximum absolute atomic E-state index is 9.47. The van der Waals surface area contributed by atoms with Gasteiger partial charge in [-0.3, -0.25) is 4.98 Å². The maximum atomic E-state index is 9.47. The maximum Gasteiger partial charge on any atom is 0.170 e. The molecule has 0 aromatic carbocycles. The van der Waals surface area contributed by atoms with E-state index in [-0.39, 0.29) is 0 Å². The molecule has 0 bridgehead atoms. The molecule has 0 aliphatic heterocycles. The first kappa shape index (κ1) is 9.65. The van der Waals surface area contributed by atoms with Gasteiger partial charge in [0.25, 0.3) is 0 Å². The molecule has 0 saturated heterocycles. The number of aliphatic hydroxyl groups excluding tert-OH is 2. The average Bonchev–Trinajstić information content (AvgIpc) is 2.16. The Bertz CT molecular complexity index is 333. The van der Waals surface area contributed by atoms with Crippen molar-refractivity contribution in [2.24, 2.45) is 0 Å². The summed E-state index contributed by atoms with van der Waals surface area (Å²) in [6.07, 6.45) is 0.535. The highest BCUT2D eigenvalue weighted by Crippen LogP contribution is 2.18. The number of nitriles is 1. The van der Waals surface area contributed by atoms with E-state index in [1.807, 2.05) is 0 Å². The minimum absolute atomic E-state index is 0.532. The van der Waals surface area contributed by atoms with Gasteiger partial charge >= 0.3 is 0 Å². The van der Waals surface area contributed by atoms with Gasteiger partial charge in [0.05, 0.1) is 6.07 Å². The van der Waals surface area contributed by atoms with Crippen LogP contribution >= 0.6 is 0 Å². The summed E-state index contributed by atoms with van der Waals surface area (Å²) in [6, 6.07) is 3.16. The van der Waals surface area contributed by atoms with Crippen LogP contribution in [-0.4, -0.2) is 21.3 Å². The summed E-state index contributed by atoms with van der Waals surface area (Å²) < 4.78 is 0. The number of aryl methyl sites for hydroxylation is 1. The molecule has 0 aliphatic carbocycles. The van der Waals surface area contributed by atoms with E-state index < -0.39 is 12.2 Å². The van der Waals surface area contributed by atoms with E-state index in [1.54, 1.807) is 25.3 Å². The number of rotatable bonds is 2. The third-order valence-electron chi connectivity index (χ3n) is 1.81. The van der Waals surface area contributed by atoms with Crippen molar-refractivity contribution in [2.45, 2.75) is 19.1 Å². The predicted octanol–water partition coefficient (Wildman–Crippen LogP) is 0.308. The fraction of sp³-hybridized carbons (Fsp3) is 0.333. The summed E-state index contributed by atoms with van der Waals surface area (Å²) in [6.45, 7) is 1.76. The third-order valence-corrected chi connectivity index (χ3v) is 1.81. The molecule has 2 N–H and O–H groups in total. The highest BCUT2D eigenvalue weighted by Gasteiger charge is 2.18. The Balaban J connectivity index is 2.96. The standard InChI is InChI=1S/C9H10N2O2/c1-6-5-11-3-2-7(6)9(13)8(12)4-10/h2-3,5,8-9,12-13H,1H3. The van der Waals surface area contributed by atoms with Crippen LogP contribution in [0.15, 0.2) is 18.5 Å². The fourth-order valence-corrected chi connectivity index (χ4v) is 1.06. The van der Waals surface area contributed by atoms with Crippen molar-refractivity contribution in [3.8, 4) is 6.07 Å². The number of hydrogen-bond acceptors (Lipinski definition) is 4. The average molecular weight is 178 g/mol. The summed E-state index contributed by atoms with van der Waals surface area (Å²) in [7, 11) is 0. The molecule has 2 atom stereocenters. The second-order valence-corrected chi connectivity index (χ2v) is 2.75. The minimum Gasteiger partial charge on any atom is -0.385 e. The predicted molar refractivity (Wildman–Crippen MR) is 45.6 cm³/mol. The van der Waals surface area contributed by atoms with Gasteiger partial charge in [-0.15, -0.1) is 0 Å². The number of aromatic nitrogens is 1. The van der Waals surface area contributed by atoms with Gasteiger partial charge in [0.2, 0.25) is 0 Å². The molecule has 4 heteroatoms. The SMILES string of the molecule is Cc1cnccc1C(O)C(O)C#N. The molecule has 1 heterocycles. The van der Waals surface area contributed by atoms with Crippen molar-refractivity contribution in [3.63, 3.8) is 0 Å². The molecule has 0 radical (unpaired) electrons. The van der Waals surface area contributed by atoms with Gasteiger partial charge in [0, 0.05) is 12.4 Å². The van der Waals surface area contributed by atoms with Crippen molar-refractivity contribution >= 4 is 0 Å². The Kier molecular flexibility index (Phi) is 2.96. The van der Waals surface area contributed by atoms with E-state index in [1.165, 1.54) is 6.20 Å². The van der Waals surface area contributed by atoms with Crippen molar-refractivity contribution in [1.82, 2.24) is 4.98 Å². The van der Waals surface area contributed by atoms with Gasteiger partial charge in [-0.05, 0) is 24.1 Å². The Morgan fingerprint density at radius 1 is 1.54 bits per heavy atom. The summed E-state index contributed by atoms with van der Waals surface area (Å²) in [5, 5.41) is 26.9. The van der Waals surface area contributed by atoms with Gasteiger partial charge < -0.3 is 10.2 Å². The molecule has 0 saturated carbocycles. The Hall–Kier alpha value is -1.44. The number of hydrogen-bond donors (Lipinski definition) is 2. The molecule has 0 spiro atoms. The van der Waals surface area contributed by atoms with Crippen LogP contribution < -0.4 is 0 Å². The number of pyridine rings is 1. The molecule has 68 valence electrons. The largest absolute Gasteiger partial charge is 0.385 e. The Morgan fingerprint density at radius 3 is 2.77 bits per heavy atom. The first-order valence-corrected chi connectivity index (χ1v) is 3.83. The molecule has 0 aliphatic rings. The van der Waals surface area contributed by atoms with Crippen LogP contribution in [0.4, 0.5) is 0 Å². The van der Waals surface area contributed by atoms with Crippen LogP contribution in [0.1, 0.15) is 17.2 Å². The van der Waals surface area contributed by atoms with Crippen LogP contribution in [0.2, 0.25) is 0 Å². The quantitative estimate of drug-likeness (QED) is 0.639. The van der Waals surface area contributed by atoms with E-state index in [2.05, 4.69) is 4.98 Å². The molecule has 1 aromatic heterocycles. The van der Waals surface area contributed by atoms with Crippen LogP contribution in [-0.2, 0) is 0 Å². The van der Waals surface area contributed by atoms with Crippen molar-refractivity contribution in [3.05, 3.63) is 29.6 Å². The minimum atomic E-state index is -1.39. The zero-order valence-electron chi connectivity index (χ0n) is 7.18. The van der Waals surface area contributed by atoms with E-state index in [4.69, 9.17) is 10.4 Å². The third kappa shape index (κ3) is 2.02. The first-order chi connectivity index (χ1) is 6.16. The van der Waals surface area contributed by atoms with E-state index in [9.17, 15) is 5.11 Å². The normalized spacial score (nSPS) is 14.6. The lowest BCUT2D eigenvalue weighted by molar-refractivity contribution is 0.0523. The zero-order chi connectivity index (χ0) is 9.84. The van der Waals surface area contributed by atoms with E-state index in [0.717, 1.165) is 5.56 Å². The van der Waals surface area contributed by atoms with Gasteiger partial charge in [0.1, 0.15) is 6.10 Å². The highest BCUT2D eigenvalue weighted by atomic mass is 16.3. The lowest BCUT2D eigenvalue weighted by Crippen LogP contribution is -2.16. The summed E-state index contributed by atoms with van der Waals surface area (Å²) >= 11 is 0. The molecule has 4 nitrogen and oxygen atoms in total. The van der Waals surface area contributed by atoms with Gasteiger partial charge in [-0.25, -0.2) is 0 Å². The van der Waals surface area contributed by atoms with Gasteiger partial charge in [0.15, 0.2) is 6.10 Å². The highest BCUT2D eigenvalue weighted by molar-refractivity contribution is 5.26. The summed E-state index contributed by atoms with van der Waals surface area (Å²) in [5.74, 6) is 0. The lowest BCUT2D eigenvalue weighted by atomic mass is 10.0. The van der Waals surface area contributed by atoms with E-state index >= 15 is 0 Å². The monoisotopic (exact) mass is 178 g/mol. The van der Waals surface area contributed by atoms with Crippen molar-refractivity contribution in [1.29, 1.82) is 5.26 Å². The molecule has 1 rings (SSSR count). The zero-order valence-corrected chi connectivity index (χ0v) is 7.18. The molecule has 1 aromatic rings. The lowest BCUT2D eigenvalue weighted by Gasteiger charge is -2.13. The second-order valence-electron chi connectivity index (χ2n) is 2.75. The van der Waals surface area contributed by atoms with Crippen molar-refractivity contribution < 1.29 is 10.2 Å². The summed E-state index contributed by atoms with van der Waals surface area (Å²) in [4.78, 5) is 3.84. The van der Waals surface area contributed by atoms with Crippen LogP contribution in [0, 0.1) is 18.3 Å². The van der Waals surface area contributed by atoms with Crippen LogP contribution in [0.25, 0.3) is 0 Å². The molecule has 2 unspecified atom stereocenters. The number of nitrogens with zero attached hydrogens (tertiary/aromatic N) is 2. The fourth-order valence-electron chi connectivity index (χ4n) is 1.06. The number of aliphatic hydroxyl groups is 2. The summed E-state index contributed by atoms with van der Waals surface area (Å²) in [5.41, 5.74) is 1.29. The van der Waals surface area contributed by atoms with Crippen LogP contribution in [0.3, 0.4) is 0 Å². The van der Waals surface area contributed by atoms with E-state index in [0.29, 0.717) is 5.56 Å². The van der Waals surface area contributed by atoms with Gasteiger partial charge in [-0.1, -0.05) is 0 Å². The van der Waals surface area contributed by atoms with Crippen molar-refractivity contribution in [2.75, 3.05) is 0 Å². The smallest absolute Gasteiger partial charge is 0.170 e. The van der Waals surface area contributed by atoms with Crippen LogP contribution in [0.5, 0.6) is 0 Å². The Morgan fingerprint density at radius 2 is 2.23 bits per heavy atom. The second kappa shape index (κ2) is 3.99. The molecular weight excluding hydrogens is 168 g/mol. The van der Waals surface area contributed by atoms with Gasteiger partial charge in [-0.2, -0.15) is 5.26 Å². The Labute approximate surface area is 76.1 Å². The molecular formula is C9H10N2O2. The first-order valence-electron chi connectivity index (χ1n) is 3.83. The molecule has 0 amide bonds.